The molecule has 0 aromatic heterocycles. The first-order valence-corrected chi connectivity index (χ1v) is 10.7. The van der Waals surface area contributed by atoms with Crippen molar-refractivity contribution in [1.29, 1.82) is 0 Å². The van der Waals surface area contributed by atoms with Crippen molar-refractivity contribution < 1.29 is 9.59 Å². The number of halogens is 1. The number of hydrogen-bond donors (Lipinski definition) is 3. The van der Waals surface area contributed by atoms with Gasteiger partial charge in [0.15, 0.2) is 0 Å². The Morgan fingerprint density at radius 1 is 0.893 bits per heavy atom. The zero-order valence-electron chi connectivity index (χ0n) is 16.4. The first kappa shape index (κ1) is 21.1. The van der Waals surface area contributed by atoms with E-state index in [0.717, 1.165) is 24.9 Å². The van der Waals surface area contributed by atoms with Crippen LogP contribution in [-0.2, 0) is 4.79 Å². The van der Waals surface area contributed by atoms with Gasteiger partial charge in [0.1, 0.15) is 0 Å². The Balaban J connectivity index is 0.00000225. The number of carbonyl (C=O) groups is 2. The summed E-state index contributed by atoms with van der Waals surface area (Å²) in [6, 6.07) is 7.99. The largest absolute Gasteiger partial charge is 0.349 e. The Bertz CT molecular complexity index is 659. The summed E-state index contributed by atoms with van der Waals surface area (Å²) in [7, 11) is 0. The highest BCUT2D eigenvalue weighted by atomic mass is 35.5. The highest BCUT2D eigenvalue weighted by Crippen LogP contribution is 2.33. The molecule has 4 rings (SSSR count). The molecule has 0 radical (unpaired) electrons. The molecule has 0 bridgehead atoms. The number of carbonyl (C=O) groups excluding carboxylic acids is 2. The smallest absolute Gasteiger partial charge is 0.251 e. The van der Waals surface area contributed by atoms with Gasteiger partial charge in [0.05, 0.1) is 6.04 Å². The summed E-state index contributed by atoms with van der Waals surface area (Å²) < 4.78 is 0. The second-order valence-corrected chi connectivity index (χ2v) is 8.48. The lowest BCUT2D eigenvalue weighted by Crippen LogP contribution is -2.39. The lowest BCUT2D eigenvalue weighted by atomic mass is 9.85. The van der Waals surface area contributed by atoms with Crippen molar-refractivity contribution in [1.82, 2.24) is 10.6 Å². The van der Waals surface area contributed by atoms with Crippen LogP contribution in [0, 0.1) is 5.92 Å². The number of hydrogen-bond acceptors (Lipinski definition) is 3. The highest BCUT2D eigenvalue weighted by Gasteiger charge is 2.38. The molecule has 1 aliphatic heterocycles. The van der Waals surface area contributed by atoms with E-state index in [9.17, 15) is 9.59 Å². The molecule has 28 heavy (non-hydrogen) atoms. The van der Waals surface area contributed by atoms with E-state index in [1.807, 2.05) is 12.1 Å². The van der Waals surface area contributed by atoms with Gasteiger partial charge in [0, 0.05) is 23.3 Å². The molecule has 0 spiro atoms. The zero-order chi connectivity index (χ0) is 18.6. The van der Waals surface area contributed by atoms with E-state index in [0.29, 0.717) is 23.6 Å². The van der Waals surface area contributed by atoms with Crippen LogP contribution in [0.2, 0.25) is 0 Å². The van der Waals surface area contributed by atoms with Gasteiger partial charge >= 0.3 is 0 Å². The van der Waals surface area contributed by atoms with E-state index in [2.05, 4.69) is 16.0 Å². The molecule has 5 nitrogen and oxygen atoms in total. The molecule has 1 aromatic rings. The standard InChI is InChI=1S/C22H31N3O2.ClH/c26-21(23-17-7-2-1-3-8-17)15-10-12-18(13-11-15)24-22(27)20-14-16-6-4-5-9-19(16)25-20;/h10-13,16-17,19-20,25H,1-9,14H2,(H,23,26)(H,24,27);1H. The van der Waals surface area contributed by atoms with Crippen LogP contribution < -0.4 is 16.0 Å². The zero-order valence-corrected chi connectivity index (χ0v) is 17.2. The van der Waals surface area contributed by atoms with E-state index >= 15 is 0 Å². The van der Waals surface area contributed by atoms with E-state index < -0.39 is 0 Å². The molecule has 154 valence electrons. The van der Waals surface area contributed by atoms with Gasteiger partial charge in [-0.05, 0) is 62.3 Å². The molecule has 2 amide bonds. The predicted octanol–water partition coefficient (Wildman–Crippen LogP) is 4.03. The van der Waals surface area contributed by atoms with Crippen LogP contribution in [0.1, 0.15) is 74.6 Å². The van der Waals surface area contributed by atoms with Crippen molar-refractivity contribution in [2.24, 2.45) is 5.92 Å². The minimum atomic E-state index is -0.0904. The van der Waals surface area contributed by atoms with Gasteiger partial charge < -0.3 is 16.0 Å². The fourth-order valence-corrected chi connectivity index (χ4v) is 4.97. The molecule has 6 heteroatoms. The third-order valence-corrected chi connectivity index (χ3v) is 6.53. The molecule has 3 fully saturated rings. The molecule has 1 saturated heterocycles. The number of amides is 2. The average molecular weight is 406 g/mol. The molecule has 2 saturated carbocycles. The Kier molecular flexibility index (Phi) is 7.36. The molecule has 1 aromatic carbocycles. The lowest BCUT2D eigenvalue weighted by molar-refractivity contribution is -0.117. The van der Waals surface area contributed by atoms with Crippen molar-refractivity contribution in [3.8, 4) is 0 Å². The van der Waals surface area contributed by atoms with Gasteiger partial charge in [-0.2, -0.15) is 0 Å². The van der Waals surface area contributed by atoms with Gasteiger partial charge in [-0.15, -0.1) is 12.4 Å². The van der Waals surface area contributed by atoms with Gasteiger partial charge in [-0.1, -0.05) is 32.1 Å². The summed E-state index contributed by atoms with van der Waals surface area (Å²) in [5.74, 6) is 0.686. The molecule has 3 aliphatic rings. The molecule has 3 atom stereocenters. The van der Waals surface area contributed by atoms with E-state index in [-0.39, 0.29) is 30.3 Å². The third-order valence-electron chi connectivity index (χ3n) is 6.53. The van der Waals surface area contributed by atoms with Gasteiger partial charge in [0.2, 0.25) is 5.91 Å². The van der Waals surface area contributed by atoms with Crippen molar-refractivity contribution in [2.45, 2.75) is 82.3 Å². The fourth-order valence-electron chi connectivity index (χ4n) is 4.97. The Hall–Kier alpha value is -1.59. The average Bonchev–Trinajstić information content (AvgIpc) is 3.14. The summed E-state index contributed by atoms with van der Waals surface area (Å²) in [4.78, 5) is 25.0. The predicted molar refractivity (Wildman–Crippen MR) is 114 cm³/mol. The first-order chi connectivity index (χ1) is 13.2. The minimum absolute atomic E-state index is 0. The number of benzene rings is 1. The quantitative estimate of drug-likeness (QED) is 0.708. The summed E-state index contributed by atoms with van der Waals surface area (Å²) in [6.07, 6.45) is 11.8. The second kappa shape index (κ2) is 9.75. The van der Waals surface area contributed by atoms with Crippen molar-refractivity contribution in [3.05, 3.63) is 29.8 Å². The van der Waals surface area contributed by atoms with Gasteiger partial charge in [-0.3, -0.25) is 9.59 Å². The summed E-state index contributed by atoms with van der Waals surface area (Å²) in [6.45, 7) is 0. The first-order valence-electron chi connectivity index (χ1n) is 10.7. The lowest BCUT2D eigenvalue weighted by Gasteiger charge is -2.24. The normalized spacial score (nSPS) is 27.4. The van der Waals surface area contributed by atoms with Gasteiger partial charge in [0.25, 0.3) is 5.91 Å². The maximum Gasteiger partial charge on any atom is 0.251 e. The Morgan fingerprint density at radius 2 is 1.57 bits per heavy atom. The van der Waals surface area contributed by atoms with E-state index in [4.69, 9.17) is 0 Å². The van der Waals surface area contributed by atoms with Crippen LogP contribution in [0.15, 0.2) is 24.3 Å². The maximum absolute atomic E-state index is 12.6. The second-order valence-electron chi connectivity index (χ2n) is 8.48. The van der Waals surface area contributed by atoms with Crippen molar-refractivity contribution >= 4 is 29.9 Å². The summed E-state index contributed by atoms with van der Waals surface area (Å²) in [5.41, 5.74) is 1.41. The molecule has 3 N–H and O–H groups in total. The van der Waals surface area contributed by atoms with Crippen molar-refractivity contribution in [3.63, 3.8) is 0 Å². The Labute approximate surface area is 173 Å². The number of nitrogens with one attached hydrogen (secondary N) is 3. The molecule has 3 unspecified atom stereocenters. The van der Waals surface area contributed by atoms with Gasteiger partial charge in [-0.25, -0.2) is 0 Å². The minimum Gasteiger partial charge on any atom is -0.349 e. The molecule has 2 aliphatic carbocycles. The number of anilines is 1. The van der Waals surface area contributed by atoms with Crippen LogP contribution in [0.3, 0.4) is 0 Å². The third kappa shape index (κ3) is 5.06. The van der Waals surface area contributed by atoms with Crippen LogP contribution in [-0.4, -0.2) is 29.9 Å². The fraction of sp³-hybridized carbons (Fsp3) is 0.636. The molecular formula is C22H32ClN3O2. The molecular weight excluding hydrogens is 374 g/mol. The molecule has 1 heterocycles. The van der Waals surface area contributed by atoms with Crippen LogP contribution in [0.5, 0.6) is 0 Å². The topological polar surface area (TPSA) is 70.2 Å². The van der Waals surface area contributed by atoms with Crippen LogP contribution in [0.25, 0.3) is 0 Å². The van der Waals surface area contributed by atoms with E-state index in [1.54, 1.807) is 12.1 Å². The maximum atomic E-state index is 12.6. The van der Waals surface area contributed by atoms with Crippen LogP contribution >= 0.6 is 12.4 Å². The number of fused-ring (bicyclic) bond motifs is 1. The SMILES string of the molecule is Cl.O=C(NC1CCCCC1)c1ccc(NC(=O)C2CC3CCCCC3N2)cc1. The Morgan fingerprint density at radius 3 is 2.29 bits per heavy atom. The summed E-state index contributed by atoms with van der Waals surface area (Å²) >= 11 is 0. The van der Waals surface area contributed by atoms with Crippen LogP contribution in [0.4, 0.5) is 5.69 Å². The monoisotopic (exact) mass is 405 g/mol. The van der Waals surface area contributed by atoms with Crippen molar-refractivity contribution in [2.75, 3.05) is 5.32 Å². The van der Waals surface area contributed by atoms with E-state index in [1.165, 1.54) is 44.9 Å². The summed E-state index contributed by atoms with van der Waals surface area (Å²) in [5, 5.41) is 9.65. The number of rotatable bonds is 4. The highest BCUT2D eigenvalue weighted by molar-refractivity contribution is 5.97.